The lowest BCUT2D eigenvalue weighted by molar-refractivity contribution is -0.161. The second-order valence-corrected chi connectivity index (χ2v) is 4.24. The Kier molecular flexibility index (Phi) is 4.73. The molecule has 0 aromatic carbocycles. The third kappa shape index (κ3) is 3.20. The van der Waals surface area contributed by atoms with Crippen LogP contribution in [0.15, 0.2) is 0 Å². The lowest BCUT2D eigenvalue weighted by Crippen LogP contribution is -2.43. The zero-order chi connectivity index (χ0) is 12.1. The first kappa shape index (κ1) is 13.0. The summed E-state index contributed by atoms with van der Waals surface area (Å²) < 4.78 is 9.61. The van der Waals surface area contributed by atoms with Crippen LogP contribution in [0, 0.1) is 5.92 Å². The topological polar surface area (TPSA) is 78.6 Å². The molecule has 92 valence electrons. The van der Waals surface area contributed by atoms with Crippen LogP contribution in [0.25, 0.3) is 0 Å². The Balaban J connectivity index is 2.46. The van der Waals surface area contributed by atoms with Crippen molar-refractivity contribution in [2.45, 2.75) is 44.8 Å². The van der Waals surface area contributed by atoms with Gasteiger partial charge in [-0.3, -0.25) is 0 Å². The molecular weight excluding hydrogens is 210 g/mol. The summed E-state index contributed by atoms with van der Waals surface area (Å²) in [6, 6.07) is -1.32. The molecule has 1 unspecified atom stereocenters. The van der Waals surface area contributed by atoms with E-state index < -0.39 is 18.0 Å². The monoisotopic (exact) mass is 229 g/mol. The molecule has 0 spiro atoms. The number of ether oxygens (including phenoxy) is 2. The van der Waals surface area contributed by atoms with E-state index >= 15 is 0 Å². The summed E-state index contributed by atoms with van der Waals surface area (Å²) in [5, 5.41) is 0. The van der Waals surface area contributed by atoms with E-state index in [-0.39, 0.29) is 6.10 Å². The summed E-state index contributed by atoms with van der Waals surface area (Å²) in [6.07, 6.45) is 4.00. The Bertz CT molecular complexity index is 267. The number of nitrogens with two attached hydrogens (primary N) is 1. The fourth-order valence-electron chi connectivity index (χ4n) is 1.90. The van der Waals surface area contributed by atoms with Crippen LogP contribution in [0.1, 0.15) is 32.6 Å². The van der Waals surface area contributed by atoms with E-state index in [1.165, 1.54) is 7.11 Å². The first-order chi connectivity index (χ1) is 7.56. The lowest BCUT2D eigenvalue weighted by atomic mass is 9.88. The van der Waals surface area contributed by atoms with Crippen molar-refractivity contribution in [3.8, 4) is 0 Å². The van der Waals surface area contributed by atoms with Crippen molar-refractivity contribution >= 4 is 11.9 Å². The maximum Gasteiger partial charge on any atom is 0.334 e. The molecule has 3 atom stereocenters. The summed E-state index contributed by atoms with van der Waals surface area (Å²) in [6.45, 7) is 2.04. The predicted molar refractivity (Wildman–Crippen MR) is 57.5 cm³/mol. The highest BCUT2D eigenvalue weighted by molar-refractivity contribution is 5.98. The number of methoxy groups -OCH3 is 1. The predicted octanol–water partition coefficient (Wildman–Crippen LogP) is 0.609. The standard InChI is InChI=1S/C11H19NO4/c1-7-5-3-4-6-8(7)16-11(14)9(12)10(13)15-2/h7-9H,3-6,12H2,1-2H3/t7-,8+,9?/m0/s1. The third-order valence-electron chi connectivity index (χ3n) is 3.01. The van der Waals surface area contributed by atoms with Crippen molar-refractivity contribution in [1.29, 1.82) is 0 Å². The largest absolute Gasteiger partial charge is 0.467 e. The molecule has 1 aliphatic carbocycles. The molecule has 5 heteroatoms. The first-order valence-electron chi connectivity index (χ1n) is 5.60. The number of hydrogen-bond donors (Lipinski definition) is 1. The van der Waals surface area contributed by atoms with Gasteiger partial charge in [0.05, 0.1) is 7.11 Å². The molecule has 0 bridgehead atoms. The number of carbonyl (C=O) groups is 2. The van der Waals surface area contributed by atoms with Crippen LogP contribution in [0.3, 0.4) is 0 Å². The average Bonchev–Trinajstić information content (AvgIpc) is 2.30. The van der Waals surface area contributed by atoms with Crippen LogP contribution in [-0.4, -0.2) is 31.2 Å². The summed E-state index contributed by atoms with van der Waals surface area (Å²) in [4.78, 5) is 22.5. The number of hydrogen-bond acceptors (Lipinski definition) is 5. The highest BCUT2D eigenvalue weighted by Gasteiger charge is 2.30. The van der Waals surface area contributed by atoms with Gasteiger partial charge in [0.2, 0.25) is 6.04 Å². The molecule has 2 N–H and O–H groups in total. The molecule has 0 aromatic heterocycles. The van der Waals surface area contributed by atoms with Crippen LogP contribution >= 0.6 is 0 Å². The van der Waals surface area contributed by atoms with Gasteiger partial charge in [-0.1, -0.05) is 13.3 Å². The Morgan fingerprint density at radius 3 is 2.44 bits per heavy atom. The normalized spacial score (nSPS) is 26.9. The maximum absolute atomic E-state index is 11.5. The molecule has 0 saturated heterocycles. The van der Waals surface area contributed by atoms with Crippen molar-refractivity contribution in [2.24, 2.45) is 11.7 Å². The van der Waals surface area contributed by atoms with Gasteiger partial charge in [0.25, 0.3) is 0 Å². The molecular formula is C11H19NO4. The van der Waals surface area contributed by atoms with Gasteiger partial charge in [0.15, 0.2) is 0 Å². The molecule has 5 nitrogen and oxygen atoms in total. The molecule has 1 saturated carbocycles. The van der Waals surface area contributed by atoms with Gasteiger partial charge < -0.3 is 15.2 Å². The van der Waals surface area contributed by atoms with Crippen LogP contribution in [0.4, 0.5) is 0 Å². The molecule has 0 amide bonds. The van der Waals surface area contributed by atoms with Gasteiger partial charge in [0.1, 0.15) is 6.10 Å². The Morgan fingerprint density at radius 1 is 1.25 bits per heavy atom. The summed E-state index contributed by atoms with van der Waals surface area (Å²) >= 11 is 0. The van der Waals surface area contributed by atoms with Gasteiger partial charge >= 0.3 is 11.9 Å². The quantitative estimate of drug-likeness (QED) is 0.566. The third-order valence-corrected chi connectivity index (χ3v) is 3.01. The smallest absolute Gasteiger partial charge is 0.334 e. The molecule has 1 aliphatic rings. The van der Waals surface area contributed by atoms with E-state index in [0.717, 1.165) is 25.7 Å². The van der Waals surface area contributed by atoms with E-state index in [4.69, 9.17) is 10.5 Å². The van der Waals surface area contributed by atoms with Gasteiger partial charge in [0, 0.05) is 0 Å². The lowest BCUT2D eigenvalue weighted by Gasteiger charge is -2.28. The van der Waals surface area contributed by atoms with E-state index in [9.17, 15) is 9.59 Å². The molecule has 1 rings (SSSR count). The minimum Gasteiger partial charge on any atom is -0.467 e. The van der Waals surface area contributed by atoms with E-state index in [0.29, 0.717) is 5.92 Å². The number of rotatable bonds is 3. The summed E-state index contributed by atoms with van der Waals surface area (Å²) in [5.41, 5.74) is 5.38. The Hall–Kier alpha value is -1.10. The van der Waals surface area contributed by atoms with Crippen LogP contribution in [0.5, 0.6) is 0 Å². The van der Waals surface area contributed by atoms with Gasteiger partial charge in [-0.05, 0) is 25.2 Å². The highest BCUT2D eigenvalue weighted by Crippen LogP contribution is 2.26. The number of carbonyl (C=O) groups excluding carboxylic acids is 2. The zero-order valence-electron chi connectivity index (χ0n) is 9.77. The van der Waals surface area contributed by atoms with Crippen molar-refractivity contribution in [1.82, 2.24) is 0 Å². The summed E-state index contributed by atoms with van der Waals surface area (Å²) in [5.74, 6) is -1.11. The molecule has 0 aromatic rings. The zero-order valence-corrected chi connectivity index (χ0v) is 9.77. The van der Waals surface area contributed by atoms with Crippen LogP contribution in [0.2, 0.25) is 0 Å². The van der Waals surface area contributed by atoms with E-state index in [1.807, 2.05) is 6.92 Å². The fourth-order valence-corrected chi connectivity index (χ4v) is 1.90. The second-order valence-electron chi connectivity index (χ2n) is 4.24. The number of esters is 2. The highest BCUT2D eigenvalue weighted by atomic mass is 16.6. The molecule has 0 radical (unpaired) electrons. The SMILES string of the molecule is COC(=O)C(N)C(=O)O[C@@H]1CCCC[C@@H]1C. The second kappa shape index (κ2) is 5.84. The van der Waals surface area contributed by atoms with E-state index in [2.05, 4.69) is 4.74 Å². The minimum absolute atomic E-state index is 0.114. The first-order valence-corrected chi connectivity index (χ1v) is 5.60. The fraction of sp³-hybridized carbons (Fsp3) is 0.818. The Morgan fingerprint density at radius 2 is 1.88 bits per heavy atom. The van der Waals surface area contributed by atoms with Gasteiger partial charge in [-0.25, -0.2) is 9.59 Å². The molecule has 0 heterocycles. The van der Waals surface area contributed by atoms with Gasteiger partial charge in [-0.15, -0.1) is 0 Å². The molecule has 16 heavy (non-hydrogen) atoms. The van der Waals surface area contributed by atoms with Gasteiger partial charge in [-0.2, -0.15) is 0 Å². The molecule has 0 aliphatic heterocycles. The molecule has 1 fully saturated rings. The van der Waals surface area contributed by atoms with Crippen molar-refractivity contribution in [3.05, 3.63) is 0 Å². The Labute approximate surface area is 95.3 Å². The van der Waals surface area contributed by atoms with E-state index in [1.54, 1.807) is 0 Å². The summed E-state index contributed by atoms with van der Waals surface area (Å²) in [7, 11) is 1.19. The van der Waals surface area contributed by atoms with Crippen LogP contribution in [-0.2, 0) is 19.1 Å². The maximum atomic E-state index is 11.5. The van der Waals surface area contributed by atoms with Crippen molar-refractivity contribution in [3.63, 3.8) is 0 Å². The van der Waals surface area contributed by atoms with Crippen molar-refractivity contribution in [2.75, 3.05) is 7.11 Å². The minimum atomic E-state index is -1.32. The average molecular weight is 229 g/mol. The van der Waals surface area contributed by atoms with Crippen molar-refractivity contribution < 1.29 is 19.1 Å². The van der Waals surface area contributed by atoms with Crippen LogP contribution < -0.4 is 5.73 Å².